The third kappa shape index (κ3) is 1.91. The zero-order valence-corrected chi connectivity index (χ0v) is 10.1. The highest BCUT2D eigenvalue weighted by Crippen LogP contribution is 2.31. The summed E-state index contributed by atoms with van der Waals surface area (Å²) in [5.74, 6) is 0. The van der Waals surface area contributed by atoms with Gasteiger partial charge in [-0.05, 0) is 25.8 Å². The van der Waals surface area contributed by atoms with Crippen molar-refractivity contribution in [2.45, 2.75) is 31.3 Å². The first-order chi connectivity index (χ1) is 7.03. The van der Waals surface area contributed by atoms with Crippen LogP contribution in [0, 0.1) is 0 Å². The third-order valence-electron chi connectivity index (χ3n) is 3.32. The molecule has 0 aromatic heterocycles. The topological polar surface area (TPSA) is 52.7 Å². The maximum absolute atomic E-state index is 12.1. The van der Waals surface area contributed by atoms with E-state index in [1.54, 1.807) is 18.4 Å². The summed E-state index contributed by atoms with van der Waals surface area (Å²) in [5, 5.41) is 3.30. The molecule has 0 amide bonds. The van der Waals surface area contributed by atoms with Gasteiger partial charge in [-0.1, -0.05) is 0 Å². The molecule has 2 aliphatic heterocycles. The quantitative estimate of drug-likeness (QED) is 0.707. The van der Waals surface area contributed by atoms with E-state index in [9.17, 15) is 8.42 Å². The number of fused-ring (bicyclic) bond motifs is 2. The molecule has 2 fully saturated rings. The van der Waals surface area contributed by atoms with Gasteiger partial charge in [0.2, 0.25) is 0 Å². The molecule has 0 aromatic carbocycles. The van der Waals surface area contributed by atoms with Crippen LogP contribution in [0.15, 0.2) is 0 Å². The average Bonchev–Trinajstić information content (AvgIpc) is 2.39. The summed E-state index contributed by atoms with van der Waals surface area (Å²) < 4.78 is 27.3. The van der Waals surface area contributed by atoms with Crippen LogP contribution in [0.2, 0.25) is 0 Å². The Bertz CT molecular complexity index is 314. The molecule has 1 N–H and O–H groups in total. The highest BCUT2D eigenvalue weighted by molar-refractivity contribution is 7.86. The molecule has 2 saturated heterocycles. The molecule has 2 atom stereocenters. The maximum atomic E-state index is 12.1. The molecule has 0 aliphatic carbocycles. The second kappa shape index (κ2) is 4.01. The lowest BCUT2D eigenvalue weighted by atomic mass is 10.1. The van der Waals surface area contributed by atoms with Crippen molar-refractivity contribution in [2.75, 3.05) is 27.2 Å². The Labute approximate surface area is 91.6 Å². The summed E-state index contributed by atoms with van der Waals surface area (Å²) >= 11 is 0. The number of hydrogen-bond donors (Lipinski definition) is 1. The molecular weight excluding hydrogens is 214 g/mol. The molecule has 2 aliphatic rings. The van der Waals surface area contributed by atoms with Gasteiger partial charge in [0.1, 0.15) is 0 Å². The summed E-state index contributed by atoms with van der Waals surface area (Å²) in [6.07, 6.45) is 2.94. The Kier molecular flexibility index (Phi) is 3.03. The van der Waals surface area contributed by atoms with Crippen molar-refractivity contribution >= 4 is 10.2 Å². The summed E-state index contributed by atoms with van der Waals surface area (Å²) in [4.78, 5) is 0. The number of hydrogen-bond acceptors (Lipinski definition) is 3. The molecule has 0 spiro atoms. The summed E-state index contributed by atoms with van der Waals surface area (Å²) in [6, 6.07) is 0.363. The van der Waals surface area contributed by atoms with Gasteiger partial charge >= 0.3 is 0 Å². The molecule has 6 heteroatoms. The minimum Gasteiger partial charge on any atom is -0.315 e. The van der Waals surface area contributed by atoms with Crippen LogP contribution in [-0.2, 0) is 10.2 Å². The molecule has 5 nitrogen and oxygen atoms in total. The zero-order chi connectivity index (χ0) is 11.1. The first-order valence-corrected chi connectivity index (χ1v) is 6.85. The van der Waals surface area contributed by atoms with Crippen LogP contribution in [-0.4, -0.2) is 56.3 Å². The summed E-state index contributed by atoms with van der Waals surface area (Å²) in [6.45, 7) is 1.73. The SMILES string of the molecule is CN(C)S(=O)(=O)N1C2CCNCC1CC2. The largest absolute Gasteiger partial charge is 0.315 e. The smallest absolute Gasteiger partial charge is 0.282 e. The molecule has 0 aromatic rings. The van der Waals surface area contributed by atoms with Crippen molar-refractivity contribution < 1.29 is 8.42 Å². The standard InChI is InChI=1S/C9H19N3O2S/c1-11(2)15(13,14)12-8-3-4-9(12)7-10-6-5-8/h8-10H,3-7H2,1-2H3. The van der Waals surface area contributed by atoms with E-state index in [1.165, 1.54) is 4.31 Å². The predicted molar refractivity (Wildman–Crippen MR) is 58.7 cm³/mol. The van der Waals surface area contributed by atoms with Gasteiger partial charge in [-0.15, -0.1) is 0 Å². The monoisotopic (exact) mass is 233 g/mol. The fourth-order valence-corrected chi connectivity index (χ4v) is 4.03. The molecule has 88 valence electrons. The van der Waals surface area contributed by atoms with E-state index in [4.69, 9.17) is 0 Å². The minimum absolute atomic E-state index is 0.157. The molecule has 0 radical (unpaired) electrons. The molecule has 0 saturated carbocycles. The number of nitrogens with zero attached hydrogens (tertiary/aromatic N) is 2. The van der Waals surface area contributed by atoms with E-state index in [0.717, 1.165) is 32.4 Å². The maximum Gasteiger partial charge on any atom is 0.282 e. The van der Waals surface area contributed by atoms with E-state index in [1.807, 2.05) is 0 Å². The lowest BCUT2D eigenvalue weighted by molar-refractivity contribution is 0.311. The summed E-state index contributed by atoms with van der Waals surface area (Å²) in [5.41, 5.74) is 0. The van der Waals surface area contributed by atoms with E-state index in [-0.39, 0.29) is 12.1 Å². The number of nitrogens with one attached hydrogen (secondary N) is 1. The third-order valence-corrected chi connectivity index (χ3v) is 5.37. The fraction of sp³-hybridized carbons (Fsp3) is 1.00. The highest BCUT2D eigenvalue weighted by Gasteiger charge is 2.43. The van der Waals surface area contributed by atoms with Crippen molar-refractivity contribution in [1.29, 1.82) is 0 Å². The lowest BCUT2D eigenvalue weighted by Crippen LogP contribution is -2.47. The minimum atomic E-state index is -3.23. The predicted octanol–water partition coefficient (Wildman–Crippen LogP) is -0.381. The van der Waals surface area contributed by atoms with Crippen molar-refractivity contribution in [1.82, 2.24) is 13.9 Å². The highest BCUT2D eigenvalue weighted by atomic mass is 32.2. The van der Waals surface area contributed by atoms with E-state index < -0.39 is 10.2 Å². The molecule has 2 unspecified atom stereocenters. The molecule has 2 heterocycles. The average molecular weight is 233 g/mol. The normalized spacial score (nSPS) is 33.3. The van der Waals surface area contributed by atoms with E-state index in [2.05, 4.69) is 5.32 Å². The van der Waals surface area contributed by atoms with Crippen molar-refractivity contribution in [3.8, 4) is 0 Å². The van der Waals surface area contributed by atoms with Crippen LogP contribution < -0.4 is 5.32 Å². The van der Waals surface area contributed by atoms with E-state index in [0.29, 0.717) is 0 Å². The second-order valence-electron chi connectivity index (χ2n) is 4.50. The Balaban J connectivity index is 2.28. The van der Waals surface area contributed by atoms with Gasteiger partial charge in [0, 0.05) is 32.7 Å². The summed E-state index contributed by atoms with van der Waals surface area (Å²) in [7, 11) is -0.0240. The lowest BCUT2D eigenvalue weighted by Gasteiger charge is -2.29. The van der Waals surface area contributed by atoms with Crippen LogP contribution in [0.25, 0.3) is 0 Å². The van der Waals surface area contributed by atoms with Gasteiger partial charge in [-0.25, -0.2) is 0 Å². The molecule has 15 heavy (non-hydrogen) atoms. The Hall–Kier alpha value is -0.170. The van der Waals surface area contributed by atoms with Crippen LogP contribution >= 0.6 is 0 Å². The Morgan fingerprint density at radius 1 is 1.20 bits per heavy atom. The van der Waals surface area contributed by atoms with Gasteiger partial charge in [-0.3, -0.25) is 0 Å². The van der Waals surface area contributed by atoms with Crippen LogP contribution in [0.1, 0.15) is 19.3 Å². The van der Waals surface area contributed by atoms with Crippen LogP contribution in [0.5, 0.6) is 0 Å². The first-order valence-electron chi connectivity index (χ1n) is 5.45. The molecule has 2 rings (SSSR count). The first kappa shape index (κ1) is 11.3. The molecular formula is C9H19N3O2S. The zero-order valence-electron chi connectivity index (χ0n) is 9.31. The second-order valence-corrected chi connectivity index (χ2v) is 6.55. The van der Waals surface area contributed by atoms with Gasteiger partial charge in [0.05, 0.1) is 0 Å². The fourth-order valence-electron chi connectivity index (χ4n) is 2.50. The Morgan fingerprint density at radius 3 is 2.53 bits per heavy atom. The number of rotatable bonds is 2. The van der Waals surface area contributed by atoms with Crippen molar-refractivity contribution in [2.24, 2.45) is 0 Å². The van der Waals surface area contributed by atoms with E-state index >= 15 is 0 Å². The van der Waals surface area contributed by atoms with Crippen LogP contribution in [0.4, 0.5) is 0 Å². The van der Waals surface area contributed by atoms with Gasteiger partial charge in [0.15, 0.2) is 0 Å². The van der Waals surface area contributed by atoms with Gasteiger partial charge < -0.3 is 5.32 Å². The Morgan fingerprint density at radius 2 is 1.87 bits per heavy atom. The van der Waals surface area contributed by atoms with Crippen molar-refractivity contribution in [3.05, 3.63) is 0 Å². The van der Waals surface area contributed by atoms with Crippen molar-refractivity contribution in [3.63, 3.8) is 0 Å². The van der Waals surface area contributed by atoms with Gasteiger partial charge in [-0.2, -0.15) is 17.0 Å². The molecule has 2 bridgehead atoms. The van der Waals surface area contributed by atoms with Gasteiger partial charge in [0.25, 0.3) is 10.2 Å². The van der Waals surface area contributed by atoms with Crippen LogP contribution in [0.3, 0.4) is 0 Å².